The van der Waals surface area contributed by atoms with Crippen LogP contribution in [-0.4, -0.2) is 36.8 Å². The summed E-state index contributed by atoms with van der Waals surface area (Å²) in [5.41, 5.74) is -0.635. The minimum atomic E-state index is -3.63. The van der Waals surface area contributed by atoms with Crippen LogP contribution < -0.4 is 0 Å². The van der Waals surface area contributed by atoms with Crippen LogP contribution in [0.3, 0.4) is 0 Å². The Morgan fingerprint density at radius 1 is 1.53 bits per heavy atom. The molecule has 0 spiro atoms. The van der Waals surface area contributed by atoms with E-state index >= 15 is 0 Å². The Balaban J connectivity index is 2.92. The second-order valence-corrected chi connectivity index (χ2v) is 3.26. The third kappa shape index (κ3) is 2.94. The number of rotatable bonds is 4. The molecule has 0 aliphatic heterocycles. The molecule has 17 heavy (non-hydrogen) atoms. The van der Waals surface area contributed by atoms with Crippen molar-refractivity contribution in [2.75, 3.05) is 20.8 Å². The summed E-state index contributed by atoms with van der Waals surface area (Å²) < 4.78 is 37.8. The molecule has 94 valence electrons. The molecule has 0 atom stereocenters. The predicted octanol–water partition coefficient (Wildman–Crippen LogP) is 1.78. The molecule has 1 amide bonds. The Labute approximate surface area is 96.0 Å². The van der Waals surface area contributed by atoms with Gasteiger partial charge in [0, 0.05) is 13.2 Å². The number of halogens is 3. The number of aromatic nitrogens is 1. The molecule has 4 nitrogen and oxygen atoms in total. The zero-order valence-corrected chi connectivity index (χ0v) is 9.28. The van der Waals surface area contributed by atoms with Crippen LogP contribution in [0.15, 0.2) is 18.3 Å². The van der Waals surface area contributed by atoms with E-state index in [0.717, 1.165) is 23.4 Å². The number of carbonyl (C=O) groups is 1. The summed E-state index contributed by atoms with van der Waals surface area (Å²) in [6, 6.07) is 2.06. The van der Waals surface area contributed by atoms with E-state index in [-0.39, 0.29) is 5.56 Å². The minimum Gasteiger partial charge on any atom is -0.274 e. The number of hydroxylamine groups is 2. The normalized spacial score (nSPS) is 11.4. The highest BCUT2D eigenvalue weighted by Crippen LogP contribution is 2.26. The number of hydrogen-bond acceptors (Lipinski definition) is 3. The van der Waals surface area contributed by atoms with Gasteiger partial charge < -0.3 is 0 Å². The minimum absolute atomic E-state index is 0.0766. The molecule has 0 saturated carbocycles. The van der Waals surface area contributed by atoms with E-state index in [1.54, 1.807) is 0 Å². The van der Waals surface area contributed by atoms with E-state index < -0.39 is 24.2 Å². The van der Waals surface area contributed by atoms with E-state index in [2.05, 4.69) is 9.82 Å². The summed E-state index contributed by atoms with van der Waals surface area (Å²) in [7, 11) is 2.66. The maximum Gasteiger partial charge on any atom is 0.317 e. The van der Waals surface area contributed by atoms with Gasteiger partial charge in [-0.2, -0.15) is 8.78 Å². The molecule has 1 aromatic heterocycles. The SMILES string of the molecule is CON(C)C(=O)c1ccc(C(F)(F)CF)nc1. The zero-order chi connectivity index (χ0) is 13.1. The quantitative estimate of drug-likeness (QED) is 0.763. The molecule has 0 N–H and O–H groups in total. The molecular weight excluding hydrogens is 237 g/mol. The molecule has 0 unspecified atom stereocenters. The molecule has 0 aliphatic carbocycles. The number of alkyl halides is 3. The van der Waals surface area contributed by atoms with Crippen molar-refractivity contribution < 1.29 is 22.8 Å². The first-order valence-corrected chi connectivity index (χ1v) is 4.65. The van der Waals surface area contributed by atoms with Crippen molar-refractivity contribution >= 4 is 5.91 Å². The van der Waals surface area contributed by atoms with Crippen molar-refractivity contribution in [2.24, 2.45) is 0 Å². The largest absolute Gasteiger partial charge is 0.317 e. The van der Waals surface area contributed by atoms with E-state index in [4.69, 9.17) is 0 Å². The Kier molecular flexibility index (Phi) is 4.06. The van der Waals surface area contributed by atoms with Crippen LogP contribution in [0, 0.1) is 0 Å². The second-order valence-electron chi connectivity index (χ2n) is 3.26. The first-order valence-electron chi connectivity index (χ1n) is 4.65. The van der Waals surface area contributed by atoms with Crippen LogP contribution in [-0.2, 0) is 10.8 Å². The lowest BCUT2D eigenvalue weighted by Crippen LogP contribution is -2.26. The summed E-state index contributed by atoms with van der Waals surface area (Å²) >= 11 is 0. The summed E-state index contributed by atoms with van der Waals surface area (Å²) in [5, 5.41) is 0.921. The number of pyridine rings is 1. The molecule has 1 rings (SSSR count). The van der Waals surface area contributed by atoms with Crippen LogP contribution in [0.25, 0.3) is 0 Å². The van der Waals surface area contributed by atoms with Crippen molar-refractivity contribution in [3.8, 4) is 0 Å². The van der Waals surface area contributed by atoms with E-state index in [9.17, 15) is 18.0 Å². The Morgan fingerprint density at radius 3 is 2.59 bits per heavy atom. The van der Waals surface area contributed by atoms with Gasteiger partial charge in [0.05, 0.1) is 12.7 Å². The first kappa shape index (κ1) is 13.4. The summed E-state index contributed by atoms with van der Waals surface area (Å²) in [4.78, 5) is 19.5. The number of nitrogens with zero attached hydrogens (tertiary/aromatic N) is 2. The van der Waals surface area contributed by atoms with E-state index in [1.807, 2.05) is 0 Å². The predicted molar refractivity (Wildman–Crippen MR) is 53.2 cm³/mol. The number of hydrogen-bond donors (Lipinski definition) is 0. The van der Waals surface area contributed by atoms with Gasteiger partial charge in [0.2, 0.25) is 0 Å². The molecule has 0 saturated heterocycles. The third-order valence-corrected chi connectivity index (χ3v) is 2.11. The fourth-order valence-corrected chi connectivity index (χ4v) is 1.07. The van der Waals surface area contributed by atoms with Crippen molar-refractivity contribution in [1.82, 2.24) is 10.0 Å². The molecule has 0 bridgehead atoms. The van der Waals surface area contributed by atoms with Gasteiger partial charge in [-0.1, -0.05) is 0 Å². The Morgan fingerprint density at radius 2 is 2.18 bits per heavy atom. The van der Waals surface area contributed by atoms with E-state index in [1.165, 1.54) is 14.2 Å². The van der Waals surface area contributed by atoms with Crippen LogP contribution in [0.1, 0.15) is 16.1 Å². The monoisotopic (exact) mass is 248 g/mol. The summed E-state index contributed by atoms with van der Waals surface area (Å²) in [6.45, 7) is -1.83. The van der Waals surface area contributed by atoms with Gasteiger partial charge in [0.25, 0.3) is 5.91 Å². The fraction of sp³-hybridized carbons (Fsp3) is 0.400. The zero-order valence-electron chi connectivity index (χ0n) is 9.28. The van der Waals surface area contributed by atoms with Gasteiger partial charge >= 0.3 is 5.92 Å². The van der Waals surface area contributed by atoms with Gasteiger partial charge in [0.15, 0.2) is 6.67 Å². The molecule has 0 aromatic carbocycles. The van der Waals surface area contributed by atoms with Crippen molar-refractivity contribution in [2.45, 2.75) is 5.92 Å². The van der Waals surface area contributed by atoms with Crippen LogP contribution in [0.5, 0.6) is 0 Å². The highest BCUT2D eigenvalue weighted by Gasteiger charge is 2.33. The first-order chi connectivity index (χ1) is 7.92. The van der Waals surface area contributed by atoms with Crippen molar-refractivity contribution in [3.05, 3.63) is 29.6 Å². The highest BCUT2D eigenvalue weighted by molar-refractivity contribution is 5.92. The van der Waals surface area contributed by atoms with Crippen LogP contribution in [0.2, 0.25) is 0 Å². The van der Waals surface area contributed by atoms with Gasteiger partial charge in [-0.15, -0.1) is 0 Å². The van der Waals surface area contributed by atoms with Gasteiger partial charge in [-0.3, -0.25) is 14.6 Å². The van der Waals surface area contributed by atoms with E-state index in [0.29, 0.717) is 0 Å². The third-order valence-electron chi connectivity index (χ3n) is 2.11. The van der Waals surface area contributed by atoms with Gasteiger partial charge in [-0.25, -0.2) is 9.45 Å². The summed E-state index contributed by atoms with van der Waals surface area (Å²) in [5.74, 6) is -4.16. The molecule has 0 fully saturated rings. The number of amides is 1. The molecule has 0 aliphatic rings. The van der Waals surface area contributed by atoms with Crippen LogP contribution in [0.4, 0.5) is 13.2 Å². The highest BCUT2D eigenvalue weighted by atomic mass is 19.3. The number of carbonyl (C=O) groups excluding carboxylic acids is 1. The molecule has 1 aromatic rings. The average molecular weight is 248 g/mol. The lowest BCUT2D eigenvalue weighted by Gasteiger charge is -2.14. The molecule has 1 heterocycles. The van der Waals surface area contributed by atoms with Gasteiger partial charge in [-0.05, 0) is 12.1 Å². The van der Waals surface area contributed by atoms with Crippen molar-refractivity contribution in [3.63, 3.8) is 0 Å². The Hall–Kier alpha value is -1.63. The maximum atomic E-state index is 12.9. The topological polar surface area (TPSA) is 42.4 Å². The maximum absolute atomic E-state index is 12.9. The van der Waals surface area contributed by atoms with Gasteiger partial charge in [0.1, 0.15) is 5.69 Å². The van der Waals surface area contributed by atoms with Crippen LogP contribution >= 0.6 is 0 Å². The molecule has 0 radical (unpaired) electrons. The second kappa shape index (κ2) is 5.13. The molecular formula is C10H11F3N2O2. The lowest BCUT2D eigenvalue weighted by molar-refractivity contribution is -0.0757. The molecule has 7 heteroatoms. The smallest absolute Gasteiger partial charge is 0.274 e. The standard InChI is InChI=1S/C10H11F3N2O2/c1-15(17-2)9(16)7-3-4-8(14-5-7)10(12,13)6-11/h3-5H,6H2,1-2H3. The summed E-state index contributed by atoms with van der Waals surface area (Å²) in [6.07, 6.45) is 0.955. The fourth-order valence-electron chi connectivity index (χ4n) is 1.07. The Bertz CT molecular complexity index is 395. The van der Waals surface area contributed by atoms with Crippen molar-refractivity contribution in [1.29, 1.82) is 0 Å². The lowest BCUT2D eigenvalue weighted by atomic mass is 10.2. The average Bonchev–Trinajstić information content (AvgIpc) is 2.37.